The predicted octanol–water partition coefficient (Wildman–Crippen LogP) is 1.56. The van der Waals surface area contributed by atoms with E-state index in [9.17, 15) is 9.90 Å². The van der Waals surface area contributed by atoms with Crippen molar-refractivity contribution in [1.82, 2.24) is 15.3 Å². The summed E-state index contributed by atoms with van der Waals surface area (Å²) in [6.45, 7) is 1.40. The number of aliphatic hydroxyl groups is 1. The average Bonchev–Trinajstić information content (AvgIpc) is 2.47. The zero-order chi connectivity index (χ0) is 14.7. The van der Waals surface area contributed by atoms with Crippen molar-refractivity contribution in [3.05, 3.63) is 40.4 Å². The van der Waals surface area contributed by atoms with Crippen LogP contribution in [0.1, 0.15) is 31.5 Å². The van der Waals surface area contributed by atoms with Gasteiger partial charge in [-0.05, 0) is 43.9 Å². The lowest BCUT2D eigenvalue weighted by molar-refractivity contribution is 0.100. The molecule has 0 radical (unpaired) electrons. The first kappa shape index (κ1) is 14.2. The molecule has 2 atom stereocenters. The molecule has 1 aliphatic carbocycles. The molecule has 2 aromatic rings. The largest absolute Gasteiger partial charge is 0.393 e. The number of aliphatic hydroxyl groups excluding tert-OH is 1. The Labute approximate surface area is 123 Å². The van der Waals surface area contributed by atoms with Crippen molar-refractivity contribution in [2.45, 2.75) is 38.3 Å². The van der Waals surface area contributed by atoms with Crippen LogP contribution < -0.4 is 10.9 Å². The molecule has 0 spiro atoms. The summed E-state index contributed by atoms with van der Waals surface area (Å²) in [6.07, 6.45) is 3.90. The van der Waals surface area contributed by atoms with Crippen LogP contribution in [0.5, 0.6) is 0 Å². The smallest absolute Gasteiger partial charge is 0.258 e. The first-order valence-corrected chi connectivity index (χ1v) is 7.59. The maximum absolute atomic E-state index is 12.0. The Balaban J connectivity index is 1.61. The number of nitrogens with zero attached hydrogens (tertiary/aromatic N) is 1. The van der Waals surface area contributed by atoms with E-state index in [1.54, 1.807) is 6.07 Å². The fraction of sp³-hybridized carbons (Fsp3) is 0.500. The van der Waals surface area contributed by atoms with Gasteiger partial charge in [0.25, 0.3) is 5.56 Å². The summed E-state index contributed by atoms with van der Waals surface area (Å²) < 4.78 is 0. The molecule has 0 saturated heterocycles. The first-order chi connectivity index (χ1) is 10.2. The third-order valence-corrected chi connectivity index (χ3v) is 4.14. The summed E-state index contributed by atoms with van der Waals surface area (Å²) in [7, 11) is 0. The van der Waals surface area contributed by atoms with E-state index in [1.807, 2.05) is 18.2 Å². The van der Waals surface area contributed by atoms with Crippen molar-refractivity contribution in [1.29, 1.82) is 0 Å². The number of rotatable bonds is 4. The van der Waals surface area contributed by atoms with Crippen LogP contribution in [0, 0.1) is 5.92 Å². The van der Waals surface area contributed by atoms with E-state index in [0.717, 1.165) is 37.7 Å². The van der Waals surface area contributed by atoms with E-state index in [2.05, 4.69) is 15.3 Å². The lowest BCUT2D eigenvalue weighted by Crippen LogP contribution is -2.29. The normalized spacial score (nSPS) is 22.5. The van der Waals surface area contributed by atoms with Crippen LogP contribution in [0.4, 0.5) is 0 Å². The number of benzene rings is 1. The monoisotopic (exact) mass is 287 g/mol. The molecule has 112 valence electrons. The van der Waals surface area contributed by atoms with E-state index in [1.165, 1.54) is 0 Å². The van der Waals surface area contributed by atoms with E-state index in [-0.39, 0.29) is 11.7 Å². The average molecular weight is 287 g/mol. The van der Waals surface area contributed by atoms with Crippen LogP contribution in [-0.4, -0.2) is 27.7 Å². The zero-order valence-corrected chi connectivity index (χ0v) is 12.0. The Kier molecular flexibility index (Phi) is 4.31. The number of fused-ring (bicyclic) bond motifs is 1. The van der Waals surface area contributed by atoms with E-state index < -0.39 is 0 Å². The van der Waals surface area contributed by atoms with Gasteiger partial charge in [0.2, 0.25) is 0 Å². The minimum atomic E-state index is -0.149. The van der Waals surface area contributed by atoms with E-state index in [0.29, 0.717) is 23.7 Å². The Morgan fingerprint density at radius 2 is 2.19 bits per heavy atom. The van der Waals surface area contributed by atoms with Crippen LogP contribution >= 0.6 is 0 Å². The van der Waals surface area contributed by atoms with E-state index in [4.69, 9.17) is 0 Å². The van der Waals surface area contributed by atoms with Crippen LogP contribution in [0.25, 0.3) is 10.9 Å². The third-order valence-electron chi connectivity index (χ3n) is 4.14. The highest BCUT2D eigenvalue weighted by Gasteiger charge is 2.19. The number of hydrogen-bond acceptors (Lipinski definition) is 4. The summed E-state index contributed by atoms with van der Waals surface area (Å²) in [5.74, 6) is 1.18. The number of H-pyrrole nitrogens is 1. The van der Waals surface area contributed by atoms with Gasteiger partial charge in [0.1, 0.15) is 5.82 Å². The van der Waals surface area contributed by atoms with Gasteiger partial charge < -0.3 is 15.4 Å². The molecule has 21 heavy (non-hydrogen) atoms. The summed E-state index contributed by atoms with van der Waals surface area (Å²) in [5.41, 5.74) is 0.636. The van der Waals surface area contributed by atoms with Crippen molar-refractivity contribution < 1.29 is 5.11 Å². The Morgan fingerprint density at radius 3 is 3.05 bits per heavy atom. The molecule has 0 bridgehead atoms. The van der Waals surface area contributed by atoms with Gasteiger partial charge in [0.05, 0.1) is 23.6 Å². The van der Waals surface area contributed by atoms with Gasteiger partial charge in [-0.2, -0.15) is 0 Å². The topological polar surface area (TPSA) is 78.0 Å². The summed E-state index contributed by atoms with van der Waals surface area (Å²) in [4.78, 5) is 19.2. The summed E-state index contributed by atoms with van der Waals surface area (Å²) >= 11 is 0. The van der Waals surface area contributed by atoms with Crippen LogP contribution in [0.3, 0.4) is 0 Å². The van der Waals surface area contributed by atoms with Gasteiger partial charge in [-0.15, -0.1) is 0 Å². The second kappa shape index (κ2) is 6.37. The molecule has 5 heteroatoms. The molecule has 3 rings (SSSR count). The highest BCUT2D eigenvalue weighted by molar-refractivity contribution is 5.77. The van der Waals surface area contributed by atoms with E-state index >= 15 is 0 Å². The van der Waals surface area contributed by atoms with Gasteiger partial charge in [-0.25, -0.2) is 4.98 Å². The molecule has 3 N–H and O–H groups in total. The molecule has 1 aromatic heterocycles. The van der Waals surface area contributed by atoms with Crippen LogP contribution in [-0.2, 0) is 6.54 Å². The molecule has 1 fully saturated rings. The molecule has 2 unspecified atom stereocenters. The Hall–Kier alpha value is -1.72. The first-order valence-electron chi connectivity index (χ1n) is 7.59. The second-order valence-corrected chi connectivity index (χ2v) is 5.85. The Morgan fingerprint density at radius 1 is 1.33 bits per heavy atom. The predicted molar refractivity (Wildman–Crippen MR) is 82.0 cm³/mol. The van der Waals surface area contributed by atoms with Crippen molar-refractivity contribution in [2.75, 3.05) is 6.54 Å². The number of aromatic amines is 1. The van der Waals surface area contributed by atoms with Gasteiger partial charge >= 0.3 is 0 Å². The molecule has 0 amide bonds. The van der Waals surface area contributed by atoms with Gasteiger partial charge in [0.15, 0.2) is 0 Å². The number of para-hydroxylation sites is 1. The Bertz CT molecular complexity index is 668. The highest BCUT2D eigenvalue weighted by atomic mass is 16.3. The lowest BCUT2D eigenvalue weighted by atomic mass is 9.87. The maximum atomic E-state index is 12.0. The molecular formula is C16H21N3O2. The van der Waals surface area contributed by atoms with Crippen molar-refractivity contribution in [2.24, 2.45) is 5.92 Å². The number of nitrogens with one attached hydrogen (secondary N) is 2. The second-order valence-electron chi connectivity index (χ2n) is 5.85. The van der Waals surface area contributed by atoms with Gasteiger partial charge in [-0.1, -0.05) is 18.6 Å². The summed E-state index contributed by atoms with van der Waals surface area (Å²) in [6, 6.07) is 7.36. The van der Waals surface area contributed by atoms with Crippen molar-refractivity contribution >= 4 is 10.9 Å². The minimum Gasteiger partial charge on any atom is -0.393 e. The maximum Gasteiger partial charge on any atom is 0.258 e. The van der Waals surface area contributed by atoms with Crippen LogP contribution in [0.2, 0.25) is 0 Å². The fourth-order valence-corrected chi connectivity index (χ4v) is 3.06. The fourth-order valence-electron chi connectivity index (χ4n) is 3.06. The molecule has 1 aliphatic rings. The molecule has 0 aliphatic heterocycles. The summed E-state index contributed by atoms with van der Waals surface area (Å²) in [5, 5.41) is 13.6. The molecule has 1 aromatic carbocycles. The highest BCUT2D eigenvalue weighted by Crippen LogP contribution is 2.23. The molecule has 1 heterocycles. The molecule has 1 saturated carbocycles. The minimum absolute atomic E-state index is 0.0921. The third kappa shape index (κ3) is 3.49. The quantitative estimate of drug-likeness (QED) is 0.797. The SMILES string of the molecule is O=c1[nH]c(CNCC2CCCC(O)C2)nc2ccccc12. The van der Waals surface area contributed by atoms with Crippen LogP contribution in [0.15, 0.2) is 29.1 Å². The molecular weight excluding hydrogens is 266 g/mol. The standard InChI is InChI=1S/C16H21N3O2/c20-12-5-3-4-11(8-12)9-17-10-15-18-14-7-2-1-6-13(14)16(21)19-15/h1-2,6-7,11-12,17,20H,3-5,8-10H2,(H,18,19,21). The molecule has 5 nitrogen and oxygen atoms in total. The number of hydrogen-bond donors (Lipinski definition) is 3. The van der Waals surface area contributed by atoms with Gasteiger partial charge in [0, 0.05) is 0 Å². The zero-order valence-electron chi connectivity index (χ0n) is 12.0. The lowest BCUT2D eigenvalue weighted by Gasteiger charge is -2.25. The van der Waals surface area contributed by atoms with Crippen molar-refractivity contribution in [3.8, 4) is 0 Å². The number of aromatic nitrogens is 2. The van der Waals surface area contributed by atoms with Gasteiger partial charge in [-0.3, -0.25) is 4.79 Å². The van der Waals surface area contributed by atoms with Crippen molar-refractivity contribution in [3.63, 3.8) is 0 Å².